The molecule has 8 nitrogen and oxygen atoms in total. The number of hydrogen-bond donors (Lipinski definition) is 1. The highest BCUT2D eigenvalue weighted by Crippen LogP contribution is 2.24. The summed E-state index contributed by atoms with van der Waals surface area (Å²) in [6.07, 6.45) is 4.56. The molecule has 1 aliphatic rings. The highest BCUT2D eigenvalue weighted by Gasteiger charge is 2.18. The van der Waals surface area contributed by atoms with E-state index in [9.17, 15) is 4.79 Å². The van der Waals surface area contributed by atoms with Crippen molar-refractivity contribution >= 4 is 45.1 Å². The molecule has 2 aromatic heterocycles. The molecule has 9 heteroatoms. The van der Waals surface area contributed by atoms with Crippen LogP contribution in [0.4, 0.5) is 5.69 Å². The lowest BCUT2D eigenvalue weighted by atomic mass is 10.1. The summed E-state index contributed by atoms with van der Waals surface area (Å²) in [7, 11) is 0. The Bertz CT molecular complexity index is 1330. The molecule has 4 aromatic rings. The van der Waals surface area contributed by atoms with Gasteiger partial charge in [-0.1, -0.05) is 18.2 Å². The van der Waals surface area contributed by atoms with E-state index in [0.717, 1.165) is 61.4 Å². The van der Waals surface area contributed by atoms with Gasteiger partial charge in [0.15, 0.2) is 5.82 Å². The fraction of sp³-hybridized carbons (Fsp3) is 0.286. The van der Waals surface area contributed by atoms with E-state index < -0.39 is 0 Å². The fourth-order valence-corrected chi connectivity index (χ4v) is 4.87. The third-order valence-electron chi connectivity index (χ3n) is 6.49. The van der Waals surface area contributed by atoms with Crippen LogP contribution in [-0.4, -0.2) is 69.6 Å². The van der Waals surface area contributed by atoms with Gasteiger partial charge in [0.25, 0.3) is 5.91 Å². The first-order valence-corrected chi connectivity index (χ1v) is 14.0. The van der Waals surface area contributed by atoms with E-state index in [-0.39, 0.29) is 5.91 Å². The molecule has 0 atom stereocenters. The van der Waals surface area contributed by atoms with E-state index in [2.05, 4.69) is 59.8 Å². The van der Waals surface area contributed by atoms with Crippen LogP contribution >= 0.6 is 22.6 Å². The van der Waals surface area contributed by atoms with Crippen molar-refractivity contribution in [3.05, 3.63) is 78.8 Å². The van der Waals surface area contributed by atoms with Gasteiger partial charge < -0.3 is 15.0 Å². The molecule has 5 rings (SSSR count). The molecule has 3 heterocycles. The number of nitrogens with zero attached hydrogens (tertiary/aromatic N) is 5. The first-order chi connectivity index (χ1) is 18.2. The van der Waals surface area contributed by atoms with Crippen LogP contribution in [0.2, 0.25) is 0 Å². The SMILES string of the molecule is O=C(NCCCN1CCN(c2ccncc2)CC1)c1nc(-c2ccc(OCI)cc2)nc2ccccc12. The van der Waals surface area contributed by atoms with Gasteiger partial charge in [-0.25, -0.2) is 9.97 Å². The lowest BCUT2D eigenvalue weighted by molar-refractivity contribution is 0.0948. The Morgan fingerprint density at radius 2 is 1.70 bits per heavy atom. The molecule has 1 aliphatic heterocycles. The highest BCUT2D eigenvalue weighted by molar-refractivity contribution is 14.1. The van der Waals surface area contributed by atoms with Crippen molar-refractivity contribution in [2.24, 2.45) is 0 Å². The molecule has 1 fully saturated rings. The Kier molecular flexibility index (Phi) is 8.42. The van der Waals surface area contributed by atoms with E-state index in [1.165, 1.54) is 5.69 Å². The monoisotopic (exact) mass is 608 g/mol. The van der Waals surface area contributed by atoms with Crippen LogP contribution in [0.15, 0.2) is 73.1 Å². The van der Waals surface area contributed by atoms with Crippen LogP contribution < -0.4 is 15.0 Å². The van der Waals surface area contributed by atoms with Crippen LogP contribution in [0.5, 0.6) is 5.75 Å². The maximum atomic E-state index is 13.2. The number of ether oxygens (including phenoxy) is 1. The van der Waals surface area contributed by atoms with Crippen molar-refractivity contribution < 1.29 is 9.53 Å². The van der Waals surface area contributed by atoms with Gasteiger partial charge in [0.2, 0.25) is 0 Å². The maximum Gasteiger partial charge on any atom is 0.270 e. The number of halogens is 1. The van der Waals surface area contributed by atoms with Gasteiger partial charge in [-0.05, 0) is 78.0 Å². The molecule has 37 heavy (non-hydrogen) atoms. The number of alkyl halides is 1. The second kappa shape index (κ2) is 12.3. The molecule has 2 aromatic carbocycles. The summed E-state index contributed by atoms with van der Waals surface area (Å²) >= 11 is 2.16. The minimum atomic E-state index is -0.174. The fourth-order valence-electron chi connectivity index (χ4n) is 4.51. The highest BCUT2D eigenvalue weighted by atomic mass is 127. The first kappa shape index (κ1) is 25.3. The number of anilines is 1. The zero-order chi connectivity index (χ0) is 25.5. The van der Waals surface area contributed by atoms with Crippen LogP contribution in [0, 0.1) is 0 Å². The van der Waals surface area contributed by atoms with Crippen molar-refractivity contribution in [3.8, 4) is 17.1 Å². The lowest BCUT2D eigenvalue weighted by Gasteiger charge is -2.36. The van der Waals surface area contributed by atoms with E-state index >= 15 is 0 Å². The van der Waals surface area contributed by atoms with Crippen LogP contribution in [0.25, 0.3) is 22.3 Å². The van der Waals surface area contributed by atoms with Crippen molar-refractivity contribution in [1.82, 2.24) is 25.2 Å². The summed E-state index contributed by atoms with van der Waals surface area (Å²) in [5, 5.41) is 3.83. The van der Waals surface area contributed by atoms with Gasteiger partial charge >= 0.3 is 0 Å². The summed E-state index contributed by atoms with van der Waals surface area (Å²) < 4.78 is 6.11. The zero-order valence-corrected chi connectivity index (χ0v) is 22.7. The Balaban J connectivity index is 1.19. The van der Waals surface area contributed by atoms with E-state index in [1.54, 1.807) is 0 Å². The smallest absolute Gasteiger partial charge is 0.270 e. The lowest BCUT2D eigenvalue weighted by Crippen LogP contribution is -2.47. The van der Waals surface area contributed by atoms with Gasteiger partial charge in [0, 0.05) is 61.8 Å². The van der Waals surface area contributed by atoms with Crippen molar-refractivity contribution in [1.29, 1.82) is 0 Å². The number of carbonyl (C=O) groups is 1. The van der Waals surface area contributed by atoms with E-state index in [0.29, 0.717) is 22.7 Å². The molecule has 0 aliphatic carbocycles. The molecule has 190 valence electrons. The number of aromatic nitrogens is 3. The predicted octanol–water partition coefficient (Wildman–Crippen LogP) is 4.41. The van der Waals surface area contributed by atoms with Gasteiger partial charge in [0.1, 0.15) is 16.1 Å². The molecule has 0 radical (unpaired) electrons. The molecular formula is C28H29IN6O2. The quantitative estimate of drug-likeness (QED) is 0.171. The number of pyridine rings is 1. The van der Waals surface area contributed by atoms with Crippen molar-refractivity contribution in [2.75, 3.05) is 48.8 Å². The average molecular weight is 608 g/mol. The Morgan fingerprint density at radius 1 is 0.946 bits per heavy atom. The van der Waals surface area contributed by atoms with Crippen LogP contribution in [-0.2, 0) is 0 Å². The number of nitrogens with one attached hydrogen (secondary N) is 1. The minimum absolute atomic E-state index is 0.174. The standard InChI is InChI=1S/C28H29IN6O2/c29-20-37-23-8-6-21(7-9-23)27-32-25-5-2-1-4-24(25)26(33-27)28(36)31-12-3-15-34-16-18-35(19-17-34)22-10-13-30-14-11-22/h1-2,4-11,13-14H,3,12,15-20H2,(H,31,36). The largest absolute Gasteiger partial charge is 0.483 e. The third-order valence-corrected chi connectivity index (χ3v) is 6.80. The zero-order valence-electron chi connectivity index (χ0n) is 20.5. The molecule has 1 amide bonds. The predicted molar refractivity (Wildman–Crippen MR) is 154 cm³/mol. The van der Waals surface area contributed by atoms with Gasteiger partial charge in [-0.3, -0.25) is 14.7 Å². The van der Waals surface area contributed by atoms with Crippen molar-refractivity contribution in [2.45, 2.75) is 6.42 Å². The molecule has 1 saturated heterocycles. The second-order valence-corrected chi connectivity index (χ2v) is 9.46. The molecule has 0 saturated carbocycles. The number of para-hydroxylation sites is 1. The molecular weight excluding hydrogens is 579 g/mol. The van der Waals surface area contributed by atoms with Crippen LogP contribution in [0.3, 0.4) is 0 Å². The molecule has 1 N–H and O–H groups in total. The van der Waals surface area contributed by atoms with Crippen molar-refractivity contribution in [3.63, 3.8) is 0 Å². The third kappa shape index (κ3) is 6.34. The number of piperazine rings is 1. The van der Waals surface area contributed by atoms with Gasteiger partial charge in [0.05, 0.1) is 5.52 Å². The molecule has 0 bridgehead atoms. The molecule has 0 spiro atoms. The Labute approximate surface area is 230 Å². The topological polar surface area (TPSA) is 83.5 Å². The number of rotatable bonds is 9. The Hall–Kier alpha value is -3.31. The first-order valence-electron chi connectivity index (χ1n) is 12.4. The number of hydrogen-bond acceptors (Lipinski definition) is 7. The van der Waals surface area contributed by atoms with Crippen LogP contribution in [0.1, 0.15) is 16.9 Å². The van der Waals surface area contributed by atoms with Gasteiger partial charge in [-0.2, -0.15) is 0 Å². The number of fused-ring (bicyclic) bond motifs is 1. The summed E-state index contributed by atoms with van der Waals surface area (Å²) in [5.41, 5.74) is 3.21. The normalized spacial score (nSPS) is 14.0. The van der Waals surface area contributed by atoms with E-state index in [4.69, 9.17) is 9.72 Å². The van der Waals surface area contributed by atoms with Gasteiger partial charge in [-0.15, -0.1) is 0 Å². The second-order valence-electron chi connectivity index (χ2n) is 8.83. The summed E-state index contributed by atoms with van der Waals surface area (Å²) in [6.45, 7) is 5.56. The number of benzene rings is 2. The average Bonchev–Trinajstić information content (AvgIpc) is 2.96. The summed E-state index contributed by atoms with van der Waals surface area (Å²) in [6, 6.07) is 19.4. The molecule has 0 unspecified atom stereocenters. The minimum Gasteiger partial charge on any atom is -0.483 e. The number of carbonyl (C=O) groups excluding carboxylic acids is 1. The number of amides is 1. The van der Waals surface area contributed by atoms with E-state index in [1.807, 2.05) is 60.9 Å². The Morgan fingerprint density at radius 3 is 2.46 bits per heavy atom. The maximum absolute atomic E-state index is 13.2. The summed E-state index contributed by atoms with van der Waals surface area (Å²) in [4.78, 5) is 31.5. The summed E-state index contributed by atoms with van der Waals surface area (Å²) in [5.74, 6) is 1.14.